The molecule has 0 aliphatic carbocycles. The summed E-state index contributed by atoms with van der Waals surface area (Å²) in [5, 5.41) is 0.846. The lowest BCUT2D eigenvalue weighted by atomic mass is 10.2. The molecule has 0 fully saturated rings. The summed E-state index contributed by atoms with van der Waals surface area (Å²) >= 11 is 1.31. The Kier molecular flexibility index (Phi) is 4.67. The van der Waals surface area contributed by atoms with Crippen molar-refractivity contribution in [3.8, 4) is 0 Å². The van der Waals surface area contributed by atoms with Gasteiger partial charge in [-0.1, -0.05) is 35.6 Å². The van der Waals surface area contributed by atoms with E-state index in [1.165, 1.54) is 18.4 Å². The van der Waals surface area contributed by atoms with Crippen LogP contribution < -0.4 is 4.80 Å². The quantitative estimate of drug-likeness (QED) is 0.386. The van der Waals surface area contributed by atoms with Crippen molar-refractivity contribution in [1.29, 1.82) is 0 Å². The molecular weight excluding hydrogens is 376 g/mol. The lowest BCUT2D eigenvalue weighted by molar-refractivity contribution is 0.0601. The van der Waals surface area contributed by atoms with Gasteiger partial charge >= 0.3 is 11.9 Å². The molecule has 0 N–H and O–H groups in total. The number of methoxy groups -OCH3 is 1. The zero-order valence-corrected chi connectivity index (χ0v) is 15.9. The maximum Gasteiger partial charge on any atom is 0.337 e. The summed E-state index contributed by atoms with van der Waals surface area (Å²) in [7, 11) is 1.34. The average Bonchev–Trinajstić information content (AvgIpc) is 3.29. The molecule has 7 heteroatoms. The van der Waals surface area contributed by atoms with Crippen molar-refractivity contribution in [3.63, 3.8) is 0 Å². The number of thiazole rings is 1. The molecule has 2 aromatic heterocycles. The van der Waals surface area contributed by atoms with Crippen LogP contribution in [0, 0.1) is 0 Å². The van der Waals surface area contributed by atoms with E-state index in [4.69, 9.17) is 9.15 Å². The van der Waals surface area contributed by atoms with E-state index >= 15 is 0 Å². The number of rotatable bonds is 4. The van der Waals surface area contributed by atoms with Gasteiger partial charge in [-0.15, -0.1) is 6.58 Å². The Balaban J connectivity index is 1.83. The molecule has 0 aliphatic rings. The molecule has 2 aromatic carbocycles. The molecule has 0 atom stereocenters. The number of allylic oxidation sites excluding steroid dienone is 1. The first-order chi connectivity index (χ1) is 13.6. The fourth-order valence-corrected chi connectivity index (χ4v) is 4.02. The van der Waals surface area contributed by atoms with Gasteiger partial charge < -0.3 is 13.7 Å². The van der Waals surface area contributed by atoms with E-state index in [-0.39, 0.29) is 5.76 Å². The maximum atomic E-state index is 12.7. The number of nitrogens with zero attached hydrogens (tertiary/aromatic N) is 2. The van der Waals surface area contributed by atoms with Gasteiger partial charge in [-0.2, -0.15) is 4.99 Å². The molecule has 4 rings (SSSR count). The summed E-state index contributed by atoms with van der Waals surface area (Å²) in [5.74, 6) is -0.699. The van der Waals surface area contributed by atoms with Crippen LogP contribution in [0.3, 0.4) is 0 Å². The number of aromatic nitrogens is 1. The van der Waals surface area contributed by atoms with E-state index in [0.717, 1.165) is 15.6 Å². The molecule has 0 saturated heterocycles. The maximum absolute atomic E-state index is 12.7. The Morgan fingerprint density at radius 2 is 2.07 bits per heavy atom. The van der Waals surface area contributed by atoms with E-state index in [1.807, 2.05) is 28.8 Å². The highest BCUT2D eigenvalue weighted by atomic mass is 32.1. The van der Waals surface area contributed by atoms with Gasteiger partial charge in [0.05, 0.1) is 22.9 Å². The lowest BCUT2D eigenvalue weighted by Crippen LogP contribution is -2.16. The molecule has 140 valence electrons. The molecule has 0 unspecified atom stereocenters. The number of carbonyl (C=O) groups is 2. The standard InChI is InChI=1S/C21H16N2O4S/c1-3-10-23-15-9-8-14(20(25)26-2)12-18(15)28-21(23)22-19(24)17-11-13-6-4-5-7-16(13)27-17/h3-9,11-12H,1,10H2,2H3. The largest absolute Gasteiger partial charge is 0.465 e. The number of benzene rings is 2. The first-order valence-corrected chi connectivity index (χ1v) is 9.32. The molecule has 0 spiro atoms. The molecule has 28 heavy (non-hydrogen) atoms. The second-order valence-corrected chi connectivity index (χ2v) is 7.03. The van der Waals surface area contributed by atoms with Crippen LogP contribution in [0.15, 0.2) is 70.6 Å². The number of amides is 1. The van der Waals surface area contributed by atoms with Gasteiger partial charge in [-0.05, 0) is 30.3 Å². The fourth-order valence-electron chi connectivity index (χ4n) is 2.94. The Hall–Kier alpha value is -3.45. The smallest absolute Gasteiger partial charge is 0.337 e. The Morgan fingerprint density at radius 3 is 2.82 bits per heavy atom. The predicted octanol–water partition coefficient (Wildman–Crippen LogP) is 4.16. The van der Waals surface area contributed by atoms with Crippen LogP contribution >= 0.6 is 11.3 Å². The summed E-state index contributed by atoms with van der Waals surface area (Å²) < 4.78 is 13.1. The van der Waals surface area contributed by atoms with Crippen LogP contribution in [-0.2, 0) is 11.3 Å². The Labute approximate surface area is 164 Å². The van der Waals surface area contributed by atoms with Gasteiger partial charge in [0, 0.05) is 11.9 Å². The normalized spacial score (nSPS) is 11.8. The van der Waals surface area contributed by atoms with E-state index in [1.54, 1.807) is 30.3 Å². The van der Waals surface area contributed by atoms with Crippen LogP contribution in [0.4, 0.5) is 0 Å². The van der Waals surface area contributed by atoms with Crippen LogP contribution in [-0.4, -0.2) is 23.6 Å². The monoisotopic (exact) mass is 392 g/mol. The van der Waals surface area contributed by atoms with Crippen molar-refractivity contribution in [2.45, 2.75) is 6.54 Å². The van der Waals surface area contributed by atoms with Gasteiger partial charge in [-0.3, -0.25) is 4.79 Å². The predicted molar refractivity (Wildman–Crippen MR) is 107 cm³/mol. The van der Waals surface area contributed by atoms with Crippen LogP contribution in [0.2, 0.25) is 0 Å². The summed E-state index contributed by atoms with van der Waals surface area (Å²) in [4.78, 5) is 29.2. The zero-order valence-electron chi connectivity index (χ0n) is 15.0. The van der Waals surface area contributed by atoms with Crippen molar-refractivity contribution in [2.24, 2.45) is 4.99 Å². The Morgan fingerprint density at radius 1 is 1.25 bits per heavy atom. The molecule has 4 aromatic rings. The molecule has 0 bridgehead atoms. The third-order valence-corrected chi connectivity index (χ3v) is 5.29. The van der Waals surface area contributed by atoms with Crippen LogP contribution in [0.25, 0.3) is 21.2 Å². The van der Waals surface area contributed by atoms with Crippen molar-refractivity contribution in [3.05, 3.63) is 77.3 Å². The van der Waals surface area contributed by atoms with E-state index < -0.39 is 11.9 Å². The van der Waals surface area contributed by atoms with Crippen LogP contribution in [0.1, 0.15) is 20.9 Å². The minimum atomic E-state index is -0.464. The molecule has 0 aliphatic heterocycles. The molecule has 0 radical (unpaired) electrons. The Bertz CT molecular complexity index is 1260. The molecule has 1 amide bonds. The van der Waals surface area contributed by atoms with Crippen LogP contribution in [0.5, 0.6) is 0 Å². The summed E-state index contributed by atoms with van der Waals surface area (Å²) in [5.41, 5.74) is 1.94. The van der Waals surface area contributed by atoms with Gasteiger partial charge in [0.2, 0.25) is 0 Å². The second-order valence-electron chi connectivity index (χ2n) is 6.02. The van der Waals surface area contributed by atoms with Crippen molar-refractivity contribution in [2.75, 3.05) is 7.11 Å². The topological polar surface area (TPSA) is 73.8 Å². The van der Waals surface area contributed by atoms with Gasteiger partial charge in [0.15, 0.2) is 10.6 Å². The number of hydrogen-bond acceptors (Lipinski definition) is 5. The molecule has 2 heterocycles. The fraction of sp³-hybridized carbons (Fsp3) is 0.0952. The number of fused-ring (bicyclic) bond motifs is 2. The number of esters is 1. The van der Waals surface area contributed by atoms with Gasteiger partial charge in [0.25, 0.3) is 0 Å². The van der Waals surface area contributed by atoms with Crippen molar-refractivity contribution < 1.29 is 18.7 Å². The minimum Gasteiger partial charge on any atom is -0.465 e. The highest BCUT2D eigenvalue weighted by Gasteiger charge is 2.14. The highest BCUT2D eigenvalue weighted by molar-refractivity contribution is 7.16. The summed E-state index contributed by atoms with van der Waals surface area (Å²) in [6.07, 6.45) is 1.73. The van der Waals surface area contributed by atoms with Gasteiger partial charge in [0.1, 0.15) is 5.58 Å². The number of para-hydroxylation sites is 1. The zero-order chi connectivity index (χ0) is 19.7. The van der Waals surface area contributed by atoms with Gasteiger partial charge in [-0.25, -0.2) is 4.79 Å². The average molecular weight is 392 g/mol. The molecular formula is C21H16N2O4S. The first-order valence-electron chi connectivity index (χ1n) is 8.51. The first kappa shape index (κ1) is 17.9. The molecule has 6 nitrogen and oxygen atoms in total. The highest BCUT2D eigenvalue weighted by Crippen LogP contribution is 2.21. The number of carbonyl (C=O) groups excluding carboxylic acids is 2. The number of ether oxygens (including phenoxy) is 1. The molecule has 0 saturated carbocycles. The SMILES string of the molecule is C=CCn1c(=NC(=O)c2cc3ccccc3o2)sc2cc(C(=O)OC)ccc21. The van der Waals surface area contributed by atoms with E-state index in [0.29, 0.717) is 22.5 Å². The summed E-state index contributed by atoms with van der Waals surface area (Å²) in [6, 6.07) is 14.3. The van der Waals surface area contributed by atoms with Crippen molar-refractivity contribution >= 4 is 44.4 Å². The number of furan rings is 1. The number of hydrogen-bond donors (Lipinski definition) is 0. The lowest BCUT2D eigenvalue weighted by Gasteiger charge is -2.02. The third kappa shape index (κ3) is 3.16. The minimum absolute atomic E-state index is 0.180. The second kappa shape index (κ2) is 7.28. The van der Waals surface area contributed by atoms with E-state index in [2.05, 4.69) is 11.6 Å². The van der Waals surface area contributed by atoms with E-state index in [9.17, 15) is 9.59 Å². The third-order valence-electron chi connectivity index (χ3n) is 4.25. The van der Waals surface area contributed by atoms with Crippen molar-refractivity contribution in [1.82, 2.24) is 4.57 Å². The summed E-state index contributed by atoms with van der Waals surface area (Å²) in [6.45, 7) is 4.25.